The molecule has 0 heterocycles. The molecule has 0 aliphatic rings. The number of carbonyl (C=O) groups is 2. The molecule has 0 bridgehead atoms. The van der Waals surface area contributed by atoms with Crippen molar-refractivity contribution >= 4 is 44.8 Å². The van der Waals surface area contributed by atoms with Crippen LogP contribution in [0.15, 0.2) is 48.5 Å². The summed E-state index contributed by atoms with van der Waals surface area (Å²) < 4.78 is 31.1. The Morgan fingerprint density at radius 3 is 2.38 bits per heavy atom. The first-order chi connectivity index (χ1) is 15.2. The van der Waals surface area contributed by atoms with E-state index in [1.54, 1.807) is 62.6 Å². The van der Waals surface area contributed by atoms with Gasteiger partial charge in [-0.25, -0.2) is 8.42 Å². The third kappa shape index (κ3) is 6.94. The number of amides is 2. The first kappa shape index (κ1) is 25.6. The molecule has 2 aromatic carbocycles. The molecule has 0 aromatic heterocycles. The van der Waals surface area contributed by atoms with Crippen molar-refractivity contribution in [1.29, 1.82) is 0 Å². The third-order valence-corrected chi connectivity index (χ3v) is 6.08. The lowest BCUT2D eigenvalue weighted by Gasteiger charge is -2.30. The van der Waals surface area contributed by atoms with Crippen LogP contribution in [0.4, 0.5) is 11.4 Å². The summed E-state index contributed by atoms with van der Waals surface area (Å²) in [4.78, 5) is 25.7. The SMILES string of the molecule is CC[C@H](C(=O)Nc1ccccc1C(=O)NCCCOC)N(c1ccc(Cl)cc1)S(C)(=O)=O. The summed E-state index contributed by atoms with van der Waals surface area (Å²) in [6, 6.07) is 11.7. The van der Waals surface area contributed by atoms with E-state index < -0.39 is 22.0 Å². The number of nitrogens with one attached hydrogen (secondary N) is 2. The fourth-order valence-electron chi connectivity index (χ4n) is 3.17. The molecule has 0 spiro atoms. The van der Waals surface area contributed by atoms with Crippen LogP contribution in [0.3, 0.4) is 0 Å². The maximum Gasteiger partial charge on any atom is 0.253 e. The van der Waals surface area contributed by atoms with Gasteiger partial charge in [-0.1, -0.05) is 30.7 Å². The molecule has 0 aliphatic carbocycles. The zero-order chi connectivity index (χ0) is 23.7. The standard InChI is InChI=1S/C22H28ClN3O5S/c1-4-20(26(32(3,29)30)17-12-10-16(23)11-13-17)22(28)25-19-9-6-5-8-18(19)21(27)24-14-7-15-31-2/h5-6,8-13,20H,4,7,14-15H2,1-3H3,(H,24,27)(H,25,28)/t20-/m1/s1. The van der Waals surface area contributed by atoms with Crippen LogP contribution >= 0.6 is 11.6 Å². The van der Waals surface area contributed by atoms with Gasteiger partial charge in [-0.3, -0.25) is 13.9 Å². The van der Waals surface area contributed by atoms with Gasteiger partial charge in [0.05, 0.1) is 23.2 Å². The van der Waals surface area contributed by atoms with Gasteiger partial charge < -0.3 is 15.4 Å². The lowest BCUT2D eigenvalue weighted by atomic mass is 10.1. The number of ether oxygens (including phenoxy) is 1. The molecule has 2 amide bonds. The lowest BCUT2D eigenvalue weighted by molar-refractivity contribution is -0.117. The zero-order valence-electron chi connectivity index (χ0n) is 18.3. The second kappa shape index (κ2) is 11.8. The average Bonchev–Trinajstić information content (AvgIpc) is 2.75. The van der Waals surface area contributed by atoms with Crippen molar-refractivity contribution < 1.29 is 22.7 Å². The predicted octanol–water partition coefficient (Wildman–Crippen LogP) is 3.29. The largest absolute Gasteiger partial charge is 0.385 e. The number of rotatable bonds is 11. The fourth-order valence-corrected chi connectivity index (χ4v) is 4.51. The van der Waals surface area contributed by atoms with Gasteiger partial charge in [0, 0.05) is 25.3 Å². The summed E-state index contributed by atoms with van der Waals surface area (Å²) in [6.45, 7) is 2.65. The van der Waals surface area contributed by atoms with E-state index in [0.717, 1.165) is 10.6 Å². The normalized spacial score (nSPS) is 12.1. The molecule has 10 heteroatoms. The molecule has 0 radical (unpaired) electrons. The molecule has 0 saturated carbocycles. The smallest absolute Gasteiger partial charge is 0.253 e. The van der Waals surface area contributed by atoms with Crippen LogP contribution in [0.2, 0.25) is 5.02 Å². The molecule has 2 N–H and O–H groups in total. The van der Waals surface area contributed by atoms with E-state index in [9.17, 15) is 18.0 Å². The Morgan fingerprint density at radius 2 is 1.78 bits per heavy atom. The highest BCUT2D eigenvalue weighted by molar-refractivity contribution is 7.92. The van der Waals surface area contributed by atoms with Crippen LogP contribution < -0.4 is 14.9 Å². The van der Waals surface area contributed by atoms with Gasteiger partial charge >= 0.3 is 0 Å². The Morgan fingerprint density at radius 1 is 1.12 bits per heavy atom. The number of para-hydroxylation sites is 1. The molecule has 0 aliphatic heterocycles. The molecule has 0 fully saturated rings. The predicted molar refractivity (Wildman–Crippen MR) is 127 cm³/mol. The number of anilines is 2. The van der Waals surface area contributed by atoms with Crippen molar-refractivity contribution in [2.75, 3.05) is 36.1 Å². The van der Waals surface area contributed by atoms with Gasteiger partial charge in [0.25, 0.3) is 5.91 Å². The third-order valence-electron chi connectivity index (χ3n) is 4.65. The number of halogens is 1. The van der Waals surface area contributed by atoms with E-state index in [4.69, 9.17) is 16.3 Å². The molecule has 0 saturated heterocycles. The highest BCUT2D eigenvalue weighted by Crippen LogP contribution is 2.25. The van der Waals surface area contributed by atoms with Crippen molar-refractivity contribution in [3.05, 3.63) is 59.1 Å². The van der Waals surface area contributed by atoms with E-state index >= 15 is 0 Å². The molecule has 2 aromatic rings. The summed E-state index contributed by atoms with van der Waals surface area (Å²) in [5.41, 5.74) is 0.901. The molecule has 174 valence electrons. The number of methoxy groups -OCH3 is 1. The van der Waals surface area contributed by atoms with Crippen molar-refractivity contribution in [1.82, 2.24) is 5.32 Å². The van der Waals surface area contributed by atoms with Crippen LogP contribution in [0.25, 0.3) is 0 Å². The quantitative estimate of drug-likeness (QED) is 0.479. The Labute approximate surface area is 193 Å². The summed E-state index contributed by atoms with van der Waals surface area (Å²) in [6.07, 6.45) is 1.91. The zero-order valence-corrected chi connectivity index (χ0v) is 19.9. The number of carbonyl (C=O) groups excluding carboxylic acids is 2. The second-order valence-electron chi connectivity index (χ2n) is 7.10. The molecular formula is C22H28ClN3O5S. The molecule has 32 heavy (non-hydrogen) atoms. The van der Waals surface area contributed by atoms with E-state index in [1.807, 2.05) is 0 Å². The Hall–Kier alpha value is -2.62. The van der Waals surface area contributed by atoms with E-state index in [-0.39, 0.29) is 17.9 Å². The molecular weight excluding hydrogens is 454 g/mol. The van der Waals surface area contributed by atoms with Crippen LogP contribution in [-0.4, -0.2) is 52.8 Å². The molecule has 0 unspecified atom stereocenters. The lowest BCUT2D eigenvalue weighted by Crippen LogP contribution is -2.47. The van der Waals surface area contributed by atoms with Gasteiger partial charge in [-0.05, 0) is 49.2 Å². The summed E-state index contributed by atoms with van der Waals surface area (Å²) in [7, 11) is -2.20. The Bertz CT molecular complexity index is 1030. The monoisotopic (exact) mass is 481 g/mol. The number of hydrogen-bond donors (Lipinski definition) is 2. The van der Waals surface area contributed by atoms with Crippen molar-refractivity contribution in [3.8, 4) is 0 Å². The van der Waals surface area contributed by atoms with Crippen molar-refractivity contribution in [2.45, 2.75) is 25.8 Å². The van der Waals surface area contributed by atoms with E-state index in [2.05, 4.69) is 10.6 Å². The molecule has 1 atom stereocenters. The topological polar surface area (TPSA) is 105 Å². The average molecular weight is 482 g/mol. The minimum Gasteiger partial charge on any atom is -0.385 e. The second-order valence-corrected chi connectivity index (χ2v) is 9.39. The highest BCUT2D eigenvalue weighted by Gasteiger charge is 2.32. The number of nitrogens with zero attached hydrogens (tertiary/aromatic N) is 1. The number of hydrogen-bond acceptors (Lipinski definition) is 5. The first-order valence-electron chi connectivity index (χ1n) is 10.1. The van der Waals surface area contributed by atoms with E-state index in [1.165, 1.54) is 0 Å². The van der Waals surface area contributed by atoms with Crippen molar-refractivity contribution in [2.24, 2.45) is 0 Å². The van der Waals surface area contributed by atoms with Crippen LogP contribution in [0, 0.1) is 0 Å². The minimum atomic E-state index is -3.79. The number of benzene rings is 2. The van der Waals surface area contributed by atoms with Gasteiger partial charge in [-0.2, -0.15) is 0 Å². The van der Waals surface area contributed by atoms with Crippen molar-refractivity contribution in [3.63, 3.8) is 0 Å². The summed E-state index contributed by atoms with van der Waals surface area (Å²) in [5, 5.41) is 5.95. The van der Waals surface area contributed by atoms with Crippen LogP contribution in [0.1, 0.15) is 30.1 Å². The highest BCUT2D eigenvalue weighted by atomic mass is 35.5. The van der Waals surface area contributed by atoms with Gasteiger partial charge in [0.15, 0.2) is 0 Å². The molecule has 8 nitrogen and oxygen atoms in total. The number of sulfonamides is 1. The van der Waals surface area contributed by atoms with Crippen LogP contribution in [-0.2, 0) is 19.6 Å². The maximum atomic E-state index is 13.2. The Kier molecular flexibility index (Phi) is 9.49. The fraction of sp³-hybridized carbons (Fsp3) is 0.364. The van der Waals surface area contributed by atoms with Gasteiger partial charge in [-0.15, -0.1) is 0 Å². The van der Waals surface area contributed by atoms with Crippen LogP contribution in [0.5, 0.6) is 0 Å². The van der Waals surface area contributed by atoms with E-state index in [0.29, 0.717) is 36.0 Å². The molecule has 2 rings (SSSR count). The minimum absolute atomic E-state index is 0.215. The van der Waals surface area contributed by atoms with Gasteiger partial charge in [0.1, 0.15) is 6.04 Å². The maximum absolute atomic E-state index is 13.2. The summed E-state index contributed by atoms with van der Waals surface area (Å²) >= 11 is 5.92. The van der Waals surface area contributed by atoms with Gasteiger partial charge in [0.2, 0.25) is 15.9 Å². The first-order valence-corrected chi connectivity index (χ1v) is 12.3. The summed E-state index contributed by atoms with van der Waals surface area (Å²) in [5.74, 6) is -0.893. The Balaban J connectivity index is 2.27.